The summed E-state index contributed by atoms with van der Waals surface area (Å²) in [6, 6.07) is 10.4. The minimum Gasteiger partial charge on any atom is -0.403 e. The molecule has 0 bridgehead atoms. The second kappa shape index (κ2) is 6.70. The monoisotopic (exact) mass is 389 g/mol. The molecule has 1 fully saturated rings. The van der Waals surface area contributed by atoms with E-state index in [-0.39, 0.29) is 0 Å². The van der Waals surface area contributed by atoms with Crippen LogP contribution in [0.25, 0.3) is 28.0 Å². The van der Waals surface area contributed by atoms with Crippen LogP contribution in [0, 0.1) is 6.92 Å². The lowest BCUT2D eigenvalue weighted by atomic mass is 10.1. The van der Waals surface area contributed by atoms with Crippen molar-refractivity contribution in [2.24, 2.45) is 0 Å². The fourth-order valence-electron chi connectivity index (χ4n) is 3.90. The van der Waals surface area contributed by atoms with Crippen molar-refractivity contribution in [3.8, 4) is 11.3 Å². The molecule has 0 amide bonds. The van der Waals surface area contributed by atoms with Gasteiger partial charge in [-0.05, 0) is 50.6 Å². The van der Waals surface area contributed by atoms with E-state index in [2.05, 4.69) is 34.0 Å². The summed E-state index contributed by atoms with van der Waals surface area (Å²) < 4.78 is 7.52. The lowest BCUT2D eigenvalue weighted by molar-refractivity contribution is 0.422. The normalized spacial score (nSPS) is 19.9. The summed E-state index contributed by atoms with van der Waals surface area (Å²) in [6.07, 6.45) is 3.84. The summed E-state index contributed by atoms with van der Waals surface area (Å²) in [5.41, 5.74) is 2.89. The van der Waals surface area contributed by atoms with Crippen LogP contribution in [-0.4, -0.2) is 39.5 Å². The Labute approximate surface area is 168 Å². The van der Waals surface area contributed by atoms with Gasteiger partial charge in [-0.15, -0.1) is 0 Å². The molecule has 0 spiro atoms. The Hall–Kier alpha value is -3.19. The maximum Gasteiger partial charge on any atom is 0.347 e. The standard InChI is InChI=1S/C22H23N5O2/c1-13-4-6-19-24-18(12-26(19)10-13)17-8-16-5-7-20(25-21(16)29-22(17)28)27-11-14(2)23-9-15(27)3/h4-8,10,12,14-15,23H,9,11H2,1-3H3/t14-,15+/m0/s1. The number of anilines is 1. The van der Waals surface area contributed by atoms with Crippen LogP contribution < -0.4 is 15.8 Å². The van der Waals surface area contributed by atoms with Gasteiger partial charge in [0.2, 0.25) is 5.71 Å². The first-order chi connectivity index (χ1) is 14.0. The van der Waals surface area contributed by atoms with Gasteiger partial charge in [-0.1, -0.05) is 6.07 Å². The Bertz CT molecular complexity index is 1280. The van der Waals surface area contributed by atoms with Gasteiger partial charge >= 0.3 is 5.63 Å². The van der Waals surface area contributed by atoms with Gasteiger partial charge in [0, 0.05) is 43.0 Å². The van der Waals surface area contributed by atoms with E-state index in [4.69, 9.17) is 4.42 Å². The third kappa shape index (κ3) is 3.17. The number of rotatable bonds is 2. The third-order valence-electron chi connectivity index (χ3n) is 5.52. The Kier molecular flexibility index (Phi) is 4.13. The highest BCUT2D eigenvalue weighted by Crippen LogP contribution is 2.24. The van der Waals surface area contributed by atoms with Crippen LogP contribution in [-0.2, 0) is 0 Å². The molecular formula is C22H23N5O2. The zero-order valence-corrected chi connectivity index (χ0v) is 16.7. The highest BCUT2D eigenvalue weighted by Gasteiger charge is 2.24. The molecule has 7 nitrogen and oxygen atoms in total. The van der Waals surface area contributed by atoms with Crippen molar-refractivity contribution in [1.29, 1.82) is 0 Å². The molecule has 1 N–H and O–H groups in total. The van der Waals surface area contributed by atoms with Gasteiger partial charge in [-0.3, -0.25) is 0 Å². The van der Waals surface area contributed by atoms with E-state index < -0.39 is 5.63 Å². The van der Waals surface area contributed by atoms with E-state index in [1.807, 2.05) is 54.0 Å². The highest BCUT2D eigenvalue weighted by atomic mass is 16.4. The number of imidazole rings is 1. The number of nitrogens with one attached hydrogen (secondary N) is 1. The van der Waals surface area contributed by atoms with Gasteiger partial charge in [0.15, 0.2) is 0 Å². The van der Waals surface area contributed by atoms with Gasteiger partial charge in [-0.25, -0.2) is 9.78 Å². The quantitative estimate of drug-likeness (QED) is 0.568. The van der Waals surface area contributed by atoms with E-state index in [1.54, 1.807) is 0 Å². The predicted molar refractivity (Wildman–Crippen MR) is 113 cm³/mol. The molecule has 1 aliphatic heterocycles. The second-order valence-corrected chi connectivity index (χ2v) is 7.92. The number of aryl methyl sites for hydroxylation is 1. The van der Waals surface area contributed by atoms with Crippen LogP contribution in [0.4, 0.5) is 5.82 Å². The summed E-state index contributed by atoms with van der Waals surface area (Å²) in [7, 11) is 0. The van der Waals surface area contributed by atoms with Crippen molar-refractivity contribution >= 4 is 22.6 Å². The molecule has 0 unspecified atom stereocenters. The number of aromatic nitrogens is 3. The van der Waals surface area contributed by atoms with Crippen molar-refractivity contribution in [3.63, 3.8) is 0 Å². The van der Waals surface area contributed by atoms with Crippen LogP contribution >= 0.6 is 0 Å². The van der Waals surface area contributed by atoms with E-state index in [0.717, 1.165) is 35.5 Å². The molecule has 5 rings (SSSR count). The maximum absolute atomic E-state index is 12.7. The molecule has 4 aromatic rings. The van der Waals surface area contributed by atoms with Gasteiger partial charge in [0.05, 0.1) is 11.3 Å². The SMILES string of the molecule is Cc1ccc2nc(-c3cc4ccc(N5C[C@H](C)NC[C@H]5C)nc4oc3=O)cn2c1. The van der Waals surface area contributed by atoms with Crippen LogP contribution in [0.3, 0.4) is 0 Å². The Morgan fingerprint density at radius 2 is 2.00 bits per heavy atom. The van der Waals surface area contributed by atoms with E-state index in [9.17, 15) is 4.79 Å². The number of piperazine rings is 1. The molecule has 0 aliphatic carbocycles. The molecule has 7 heteroatoms. The molecular weight excluding hydrogens is 366 g/mol. The fraction of sp³-hybridized carbons (Fsp3) is 0.318. The maximum atomic E-state index is 12.7. The number of nitrogens with zero attached hydrogens (tertiary/aromatic N) is 4. The summed E-state index contributed by atoms with van der Waals surface area (Å²) in [6.45, 7) is 8.10. The van der Waals surface area contributed by atoms with E-state index >= 15 is 0 Å². The largest absolute Gasteiger partial charge is 0.403 e. The minimum absolute atomic E-state index is 0.323. The third-order valence-corrected chi connectivity index (χ3v) is 5.52. The Balaban J connectivity index is 1.57. The summed E-state index contributed by atoms with van der Waals surface area (Å²) >= 11 is 0. The van der Waals surface area contributed by atoms with Gasteiger partial charge in [-0.2, -0.15) is 4.98 Å². The average Bonchev–Trinajstić information content (AvgIpc) is 3.11. The molecule has 5 heterocycles. The zero-order valence-electron chi connectivity index (χ0n) is 16.7. The van der Waals surface area contributed by atoms with Gasteiger partial charge in [0.1, 0.15) is 11.5 Å². The molecule has 2 atom stereocenters. The molecule has 4 aromatic heterocycles. The predicted octanol–water partition coefficient (Wildman–Crippen LogP) is 3.00. The fourth-order valence-corrected chi connectivity index (χ4v) is 3.90. The summed E-state index contributed by atoms with van der Waals surface area (Å²) in [5, 5.41) is 4.25. The van der Waals surface area contributed by atoms with E-state index in [1.165, 1.54) is 0 Å². The second-order valence-electron chi connectivity index (χ2n) is 7.92. The molecule has 1 saturated heterocycles. The van der Waals surface area contributed by atoms with Crippen LogP contribution in [0.1, 0.15) is 19.4 Å². The molecule has 1 aliphatic rings. The average molecular weight is 389 g/mol. The first kappa shape index (κ1) is 17.9. The number of hydrogen-bond donors (Lipinski definition) is 1. The van der Waals surface area contributed by atoms with Crippen molar-refractivity contribution in [2.75, 3.05) is 18.0 Å². The summed E-state index contributed by atoms with van der Waals surface area (Å²) in [4.78, 5) is 24.2. The number of hydrogen-bond acceptors (Lipinski definition) is 6. The van der Waals surface area contributed by atoms with Crippen molar-refractivity contribution in [1.82, 2.24) is 19.7 Å². The van der Waals surface area contributed by atoms with Gasteiger partial charge < -0.3 is 19.0 Å². The smallest absolute Gasteiger partial charge is 0.347 e. The Morgan fingerprint density at radius 1 is 1.14 bits per heavy atom. The lowest BCUT2D eigenvalue weighted by Crippen LogP contribution is -2.54. The topological polar surface area (TPSA) is 75.7 Å². The van der Waals surface area contributed by atoms with Crippen LogP contribution in [0.2, 0.25) is 0 Å². The van der Waals surface area contributed by atoms with Crippen molar-refractivity contribution in [2.45, 2.75) is 32.9 Å². The van der Waals surface area contributed by atoms with Crippen molar-refractivity contribution < 1.29 is 4.42 Å². The van der Waals surface area contributed by atoms with Crippen LogP contribution in [0.15, 0.2) is 51.9 Å². The van der Waals surface area contributed by atoms with Gasteiger partial charge in [0.25, 0.3) is 0 Å². The van der Waals surface area contributed by atoms with Crippen molar-refractivity contribution in [3.05, 3.63) is 58.7 Å². The molecule has 0 aromatic carbocycles. The molecule has 29 heavy (non-hydrogen) atoms. The Morgan fingerprint density at radius 3 is 2.86 bits per heavy atom. The lowest BCUT2D eigenvalue weighted by Gasteiger charge is -2.38. The minimum atomic E-state index is -0.427. The highest BCUT2D eigenvalue weighted by molar-refractivity contribution is 5.80. The number of fused-ring (bicyclic) bond motifs is 2. The van der Waals surface area contributed by atoms with E-state index in [0.29, 0.717) is 29.1 Å². The molecule has 148 valence electrons. The first-order valence-corrected chi connectivity index (χ1v) is 9.88. The first-order valence-electron chi connectivity index (χ1n) is 9.88. The summed E-state index contributed by atoms with van der Waals surface area (Å²) in [5.74, 6) is 0.831. The zero-order chi connectivity index (χ0) is 20.1. The molecule has 0 saturated carbocycles. The van der Waals surface area contributed by atoms with Crippen LogP contribution in [0.5, 0.6) is 0 Å². The molecule has 0 radical (unpaired) electrons. The number of pyridine rings is 2.